The first-order valence-corrected chi connectivity index (χ1v) is 13.6. The normalized spacial score (nSPS) is 13.9. The molecule has 0 radical (unpaired) electrons. The first-order chi connectivity index (χ1) is 18.8. The monoisotopic (exact) mass is 578 g/mol. The molecular formula is C27H19F5N2O5S. The Hall–Kier alpha value is -4.13. The third kappa shape index (κ3) is 5.74. The molecule has 40 heavy (non-hydrogen) atoms. The van der Waals surface area contributed by atoms with Crippen LogP contribution in [0, 0.1) is 11.6 Å². The number of Topliss-reactive ketones (excluding diaryl/α,β-unsaturated/α-hetero) is 1. The van der Waals surface area contributed by atoms with Gasteiger partial charge in [-0.3, -0.25) is 9.59 Å². The molecule has 1 aliphatic carbocycles. The van der Waals surface area contributed by atoms with Gasteiger partial charge in [-0.25, -0.2) is 17.2 Å². The first kappa shape index (κ1) is 27.4. The molecule has 0 amide bonds. The number of ether oxygens (including phenoxy) is 1. The quantitative estimate of drug-likeness (QED) is 0.208. The summed E-state index contributed by atoms with van der Waals surface area (Å²) in [5, 5.41) is -0.670. The number of sulfone groups is 1. The van der Waals surface area contributed by atoms with Crippen LogP contribution in [0.25, 0.3) is 10.9 Å². The number of ketones is 1. The predicted octanol–water partition coefficient (Wildman–Crippen LogP) is 5.29. The van der Waals surface area contributed by atoms with Crippen molar-refractivity contribution in [3.63, 3.8) is 0 Å². The summed E-state index contributed by atoms with van der Waals surface area (Å²) >= 11 is 0. The van der Waals surface area contributed by atoms with Crippen molar-refractivity contribution in [2.45, 2.75) is 30.8 Å². The van der Waals surface area contributed by atoms with Crippen LogP contribution in [0.15, 0.2) is 65.7 Å². The number of hydrogen-bond donors (Lipinski definition) is 0. The van der Waals surface area contributed by atoms with Crippen molar-refractivity contribution in [1.29, 1.82) is 0 Å². The minimum Gasteiger partial charge on any atom is -0.457 e. The van der Waals surface area contributed by atoms with Crippen molar-refractivity contribution in [3.05, 3.63) is 99.6 Å². The van der Waals surface area contributed by atoms with Crippen LogP contribution in [0.5, 0.6) is 11.5 Å². The summed E-state index contributed by atoms with van der Waals surface area (Å²) in [4.78, 5) is 28.6. The Morgan fingerprint density at radius 2 is 1.77 bits per heavy atom. The van der Waals surface area contributed by atoms with E-state index in [0.717, 1.165) is 24.5 Å². The lowest BCUT2D eigenvalue weighted by Crippen LogP contribution is -2.20. The van der Waals surface area contributed by atoms with E-state index in [2.05, 4.69) is 4.98 Å². The molecule has 7 nitrogen and oxygen atoms in total. The molecule has 0 unspecified atom stereocenters. The molecule has 4 aromatic rings. The fourth-order valence-electron chi connectivity index (χ4n) is 4.17. The van der Waals surface area contributed by atoms with Crippen LogP contribution in [-0.4, -0.2) is 34.8 Å². The molecular weight excluding hydrogens is 559 g/mol. The lowest BCUT2D eigenvalue weighted by Gasteiger charge is -2.16. The molecule has 0 atom stereocenters. The Morgan fingerprint density at radius 3 is 2.45 bits per heavy atom. The molecule has 0 spiro atoms. The van der Waals surface area contributed by atoms with Crippen molar-refractivity contribution in [2.24, 2.45) is 0 Å². The van der Waals surface area contributed by atoms with Crippen LogP contribution in [0.1, 0.15) is 34.3 Å². The van der Waals surface area contributed by atoms with Gasteiger partial charge < -0.3 is 9.30 Å². The van der Waals surface area contributed by atoms with Gasteiger partial charge in [0.2, 0.25) is 0 Å². The number of alkyl halides is 3. The third-order valence-electron chi connectivity index (χ3n) is 6.38. The molecule has 1 fully saturated rings. The second-order valence-corrected chi connectivity index (χ2v) is 11.6. The number of halogens is 5. The summed E-state index contributed by atoms with van der Waals surface area (Å²) in [6.45, 7) is -0.111. The number of carbonyl (C=O) groups is 1. The van der Waals surface area contributed by atoms with Crippen LogP contribution < -0.4 is 10.3 Å². The highest BCUT2D eigenvalue weighted by Crippen LogP contribution is 2.39. The second kappa shape index (κ2) is 10.1. The number of aromatic nitrogens is 2. The van der Waals surface area contributed by atoms with Gasteiger partial charge in [0.1, 0.15) is 28.9 Å². The van der Waals surface area contributed by atoms with Crippen molar-refractivity contribution in [3.8, 4) is 11.5 Å². The maximum atomic E-state index is 14.2. The molecule has 1 aliphatic rings. The molecule has 0 bridgehead atoms. The minimum absolute atomic E-state index is 0.0341. The standard InChI is InChI=1S/C27H19F5N2O5S/c28-17-3-1-16(22(29)10-17)12-34-14-33-26(36)20-11-18(4-7-23(20)34)39-25-8-2-15(9-21(25)27(30,31)32)24(35)13-40(37,38)19-5-6-19/h1-4,7-11,14,19H,5-6,12-13H2. The zero-order valence-corrected chi connectivity index (χ0v) is 21.2. The van der Waals surface area contributed by atoms with Gasteiger partial charge in [-0.05, 0) is 55.3 Å². The molecule has 13 heteroatoms. The molecule has 0 saturated heterocycles. The number of rotatable bonds is 8. The number of hydrogen-bond acceptors (Lipinski definition) is 6. The molecule has 1 saturated carbocycles. The van der Waals surface area contributed by atoms with Crippen LogP contribution in [0.4, 0.5) is 22.0 Å². The predicted molar refractivity (Wildman–Crippen MR) is 134 cm³/mol. The zero-order chi connectivity index (χ0) is 28.8. The molecule has 1 aromatic heterocycles. The summed E-state index contributed by atoms with van der Waals surface area (Å²) in [5.41, 5.74) is -2.07. The SMILES string of the molecule is O=C(CS(=O)(=O)C1CC1)c1ccc(Oc2ccc3c(c2)c(=O)ncn3Cc2ccc(F)cc2F)c(C(F)(F)F)c1. The van der Waals surface area contributed by atoms with E-state index in [-0.39, 0.29) is 28.8 Å². The van der Waals surface area contributed by atoms with E-state index < -0.39 is 66.9 Å². The lowest BCUT2D eigenvalue weighted by atomic mass is 10.1. The minimum atomic E-state index is -4.95. The van der Waals surface area contributed by atoms with E-state index in [4.69, 9.17) is 4.74 Å². The van der Waals surface area contributed by atoms with Crippen LogP contribution >= 0.6 is 0 Å². The van der Waals surface area contributed by atoms with E-state index in [0.29, 0.717) is 25.0 Å². The smallest absolute Gasteiger partial charge is 0.420 e. The van der Waals surface area contributed by atoms with Gasteiger partial charge in [0, 0.05) is 17.2 Å². The molecule has 5 rings (SSSR count). The van der Waals surface area contributed by atoms with Crippen LogP contribution in [0.3, 0.4) is 0 Å². The molecule has 208 valence electrons. The second-order valence-electron chi connectivity index (χ2n) is 9.33. The molecule has 1 heterocycles. The van der Waals surface area contributed by atoms with Gasteiger partial charge in [-0.1, -0.05) is 6.07 Å². The first-order valence-electron chi connectivity index (χ1n) is 11.9. The largest absolute Gasteiger partial charge is 0.457 e. The van der Waals surface area contributed by atoms with E-state index in [1.165, 1.54) is 28.8 Å². The Labute approximate surface area is 223 Å². The highest BCUT2D eigenvalue weighted by Gasteiger charge is 2.38. The van der Waals surface area contributed by atoms with Crippen molar-refractivity contribution in [1.82, 2.24) is 9.55 Å². The zero-order valence-electron chi connectivity index (χ0n) is 20.4. The van der Waals surface area contributed by atoms with Crippen molar-refractivity contribution < 1.29 is 39.9 Å². The third-order valence-corrected chi connectivity index (χ3v) is 8.53. The molecule has 0 N–H and O–H groups in total. The molecule has 3 aromatic carbocycles. The highest BCUT2D eigenvalue weighted by molar-refractivity contribution is 7.93. The van der Waals surface area contributed by atoms with Crippen LogP contribution in [0.2, 0.25) is 0 Å². The van der Waals surface area contributed by atoms with E-state index in [1.54, 1.807) is 0 Å². The van der Waals surface area contributed by atoms with Gasteiger partial charge in [0.15, 0.2) is 15.6 Å². The Morgan fingerprint density at radius 1 is 1.02 bits per heavy atom. The summed E-state index contributed by atoms with van der Waals surface area (Å²) in [7, 11) is -3.73. The van der Waals surface area contributed by atoms with Gasteiger partial charge >= 0.3 is 6.18 Å². The number of carbonyl (C=O) groups excluding carboxylic acids is 1. The fraction of sp³-hybridized carbons (Fsp3) is 0.222. The lowest BCUT2D eigenvalue weighted by molar-refractivity contribution is -0.138. The van der Waals surface area contributed by atoms with Crippen molar-refractivity contribution >= 4 is 26.5 Å². The number of fused-ring (bicyclic) bond motifs is 1. The summed E-state index contributed by atoms with van der Waals surface area (Å²) < 4.78 is 100. The maximum Gasteiger partial charge on any atom is 0.420 e. The Bertz CT molecular complexity index is 1810. The van der Waals surface area contributed by atoms with Crippen LogP contribution in [-0.2, 0) is 22.6 Å². The van der Waals surface area contributed by atoms with Crippen molar-refractivity contribution in [2.75, 3.05) is 5.75 Å². The number of benzene rings is 3. The topological polar surface area (TPSA) is 95.3 Å². The average molecular weight is 579 g/mol. The van der Waals surface area contributed by atoms with Gasteiger partial charge in [0.25, 0.3) is 5.56 Å². The highest BCUT2D eigenvalue weighted by atomic mass is 32.2. The maximum absolute atomic E-state index is 14.2. The van der Waals surface area contributed by atoms with E-state index in [9.17, 15) is 40.0 Å². The summed E-state index contributed by atoms with van der Waals surface area (Å²) in [6.07, 6.45) is -2.95. The Kier molecular flexibility index (Phi) is 6.94. The number of nitrogens with zero attached hydrogens (tertiary/aromatic N) is 2. The average Bonchev–Trinajstić information content (AvgIpc) is 3.73. The fourth-order valence-corrected chi connectivity index (χ4v) is 5.79. The molecule has 0 aliphatic heterocycles. The van der Waals surface area contributed by atoms with Gasteiger partial charge in [-0.15, -0.1) is 0 Å². The van der Waals surface area contributed by atoms with Gasteiger partial charge in [0.05, 0.1) is 34.6 Å². The summed E-state index contributed by atoms with van der Waals surface area (Å²) in [6, 6.07) is 9.35. The Balaban J connectivity index is 1.46. The summed E-state index contributed by atoms with van der Waals surface area (Å²) in [5.74, 6) is -4.24. The van der Waals surface area contributed by atoms with E-state index in [1.807, 2.05) is 0 Å². The van der Waals surface area contributed by atoms with E-state index >= 15 is 0 Å². The van der Waals surface area contributed by atoms with Gasteiger partial charge in [-0.2, -0.15) is 18.2 Å².